The van der Waals surface area contributed by atoms with Crippen LogP contribution in [0.5, 0.6) is 0 Å². The summed E-state index contributed by atoms with van der Waals surface area (Å²) in [5, 5.41) is 1.10. The number of aryl methyl sites for hydroxylation is 3. The van der Waals surface area contributed by atoms with Crippen molar-refractivity contribution >= 4 is 39.1 Å². The molecule has 0 saturated carbocycles. The van der Waals surface area contributed by atoms with Gasteiger partial charge in [-0.15, -0.1) is 11.3 Å². The number of Topliss-reactive ketones (excluding diaryl/α,β-unsaturated/α-hetero) is 1. The van der Waals surface area contributed by atoms with Gasteiger partial charge in [0.2, 0.25) is 0 Å². The molecule has 28 heavy (non-hydrogen) atoms. The number of thioether (sulfide) groups is 1. The van der Waals surface area contributed by atoms with E-state index in [9.17, 15) is 9.59 Å². The summed E-state index contributed by atoms with van der Waals surface area (Å²) in [5.74, 6) is 0.0625. The lowest BCUT2D eigenvalue weighted by atomic mass is 9.97. The highest BCUT2D eigenvalue weighted by Gasteiger charge is 2.23. The second-order valence-corrected chi connectivity index (χ2v) is 9.72. The summed E-state index contributed by atoms with van der Waals surface area (Å²) in [6.45, 7) is 3.98. The molecule has 0 spiro atoms. The van der Waals surface area contributed by atoms with Crippen molar-refractivity contribution < 1.29 is 4.79 Å². The van der Waals surface area contributed by atoms with Crippen LogP contribution in [0.3, 0.4) is 0 Å². The summed E-state index contributed by atoms with van der Waals surface area (Å²) in [5.41, 5.74) is 3.14. The molecule has 0 amide bonds. The van der Waals surface area contributed by atoms with Crippen LogP contribution in [-0.4, -0.2) is 20.6 Å². The number of hydrogen-bond acceptors (Lipinski definition) is 5. The normalized spacial score (nSPS) is 14.8. The molecular formula is C22H24N2O2S2. The third-order valence-corrected chi connectivity index (χ3v) is 7.78. The van der Waals surface area contributed by atoms with Crippen molar-refractivity contribution in [2.24, 2.45) is 7.05 Å². The summed E-state index contributed by atoms with van der Waals surface area (Å²) >= 11 is 3.02. The second-order valence-electron chi connectivity index (χ2n) is 7.32. The Balaban J connectivity index is 1.64. The van der Waals surface area contributed by atoms with Gasteiger partial charge >= 0.3 is 0 Å². The molecule has 2 heterocycles. The van der Waals surface area contributed by atoms with Gasteiger partial charge in [-0.2, -0.15) is 0 Å². The summed E-state index contributed by atoms with van der Waals surface area (Å²) in [7, 11) is 1.76. The van der Waals surface area contributed by atoms with Crippen molar-refractivity contribution in [2.75, 3.05) is 0 Å². The first-order chi connectivity index (χ1) is 13.5. The number of thiophene rings is 1. The zero-order valence-corrected chi connectivity index (χ0v) is 18.1. The number of nitrogens with zero attached hydrogens (tertiary/aromatic N) is 2. The van der Waals surface area contributed by atoms with E-state index in [0.717, 1.165) is 35.9 Å². The van der Waals surface area contributed by atoms with Crippen LogP contribution in [0.25, 0.3) is 10.2 Å². The molecule has 3 aromatic rings. The Morgan fingerprint density at radius 2 is 1.96 bits per heavy atom. The standard InChI is InChI=1S/C22H24N2O2S2/c1-4-14-9-11-15(12-10-14)19(25)13(2)27-22-23-20-18(21(26)24(22)3)16-7-5-6-8-17(16)28-20/h9-13H,4-8H2,1-3H3. The van der Waals surface area contributed by atoms with Gasteiger partial charge < -0.3 is 0 Å². The van der Waals surface area contributed by atoms with Crippen LogP contribution in [0, 0.1) is 0 Å². The smallest absolute Gasteiger partial charge is 0.262 e. The molecule has 0 radical (unpaired) electrons. The van der Waals surface area contributed by atoms with Gasteiger partial charge in [0, 0.05) is 17.5 Å². The third-order valence-electron chi connectivity index (χ3n) is 5.45. The molecule has 4 rings (SSSR count). The van der Waals surface area contributed by atoms with E-state index in [1.807, 2.05) is 31.2 Å². The van der Waals surface area contributed by atoms with Crippen molar-refractivity contribution in [1.29, 1.82) is 0 Å². The molecule has 0 saturated heterocycles. The molecule has 1 unspecified atom stereocenters. The molecule has 1 aliphatic carbocycles. The number of rotatable bonds is 5. The highest BCUT2D eigenvalue weighted by molar-refractivity contribution is 8.00. The average molecular weight is 413 g/mol. The number of benzene rings is 1. The summed E-state index contributed by atoms with van der Waals surface area (Å²) < 4.78 is 1.61. The van der Waals surface area contributed by atoms with E-state index in [0.29, 0.717) is 10.7 Å². The SMILES string of the molecule is CCc1ccc(C(=O)C(C)Sc2nc3sc4c(c3c(=O)n2C)CCCC4)cc1. The number of carbonyl (C=O) groups is 1. The van der Waals surface area contributed by atoms with Crippen LogP contribution in [-0.2, 0) is 26.3 Å². The third kappa shape index (κ3) is 3.44. The average Bonchev–Trinajstić information content (AvgIpc) is 3.09. The molecule has 0 bridgehead atoms. The molecular weight excluding hydrogens is 388 g/mol. The monoisotopic (exact) mass is 412 g/mol. The minimum atomic E-state index is -0.308. The number of ketones is 1. The Morgan fingerprint density at radius 1 is 1.25 bits per heavy atom. The van der Waals surface area contributed by atoms with Crippen molar-refractivity contribution in [1.82, 2.24) is 9.55 Å². The van der Waals surface area contributed by atoms with Gasteiger partial charge in [0.25, 0.3) is 5.56 Å². The van der Waals surface area contributed by atoms with E-state index >= 15 is 0 Å². The lowest BCUT2D eigenvalue weighted by molar-refractivity contribution is 0.0994. The summed E-state index contributed by atoms with van der Waals surface area (Å²) in [6, 6.07) is 7.78. The molecule has 6 heteroatoms. The quantitative estimate of drug-likeness (QED) is 0.343. The summed E-state index contributed by atoms with van der Waals surface area (Å²) in [4.78, 5) is 32.8. The van der Waals surface area contributed by atoms with Crippen molar-refractivity contribution in [3.05, 3.63) is 56.2 Å². The minimum Gasteiger partial charge on any atom is -0.293 e. The Bertz CT molecular complexity index is 1100. The van der Waals surface area contributed by atoms with Gasteiger partial charge in [0.1, 0.15) is 4.83 Å². The summed E-state index contributed by atoms with van der Waals surface area (Å²) in [6.07, 6.45) is 5.30. The maximum absolute atomic E-state index is 13.0. The zero-order valence-electron chi connectivity index (χ0n) is 16.4. The first-order valence-corrected chi connectivity index (χ1v) is 11.5. The first kappa shape index (κ1) is 19.4. The molecule has 4 nitrogen and oxygen atoms in total. The molecule has 2 aromatic heterocycles. The van der Waals surface area contributed by atoms with Crippen LogP contribution >= 0.6 is 23.1 Å². The molecule has 146 valence electrons. The van der Waals surface area contributed by atoms with E-state index in [1.54, 1.807) is 23.0 Å². The maximum Gasteiger partial charge on any atom is 0.262 e. The fourth-order valence-electron chi connectivity index (χ4n) is 3.72. The van der Waals surface area contributed by atoms with E-state index in [1.165, 1.54) is 34.2 Å². The molecule has 1 aromatic carbocycles. The van der Waals surface area contributed by atoms with Crippen LogP contribution < -0.4 is 5.56 Å². The molecule has 0 N–H and O–H groups in total. The van der Waals surface area contributed by atoms with Crippen molar-refractivity contribution in [3.63, 3.8) is 0 Å². The number of fused-ring (bicyclic) bond motifs is 3. The predicted octanol–water partition coefficient (Wildman–Crippen LogP) is 4.80. The van der Waals surface area contributed by atoms with Gasteiger partial charge in [0.05, 0.1) is 10.6 Å². The zero-order chi connectivity index (χ0) is 19.8. The highest BCUT2D eigenvalue weighted by Crippen LogP contribution is 2.35. The van der Waals surface area contributed by atoms with Crippen LogP contribution in [0.2, 0.25) is 0 Å². The largest absolute Gasteiger partial charge is 0.293 e. The van der Waals surface area contributed by atoms with Crippen LogP contribution in [0.4, 0.5) is 0 Å². The first-order valence-electron chi connectivity index (χ1n) is 9.80. The van der Waals surface area contributed by atoms with E-state index in [2.05, 4.69) is 6.92 Å². The Labute approximate surface area is 173 Å². The van der Waals surface area contributed by atoms with Crippen molar-refractivity contribution in [2.45, 2.75) is 56.4 Å². The molecule has 0 aliphatic heterocycles. The fourth-order valence-corrected chi connectivity index (χ4v) is 5.98. The highest BCUT2D eigenvalue weighted by atomic mass is 32.2. The number of aromatic nitrogens is 2. The Kier molecular flexibility index (Phi) is 5.43. The molecule has 1 atom stereocenters. The number of hydrogen-bond donors (Lipinski definition) is 0. The van der Waals surface area contributed by atoms with E-state index in [4.69, 9.17) is 4.98 Å². The minimum absolute atomic E-state index is 0.0128. The number of carbonyl (C=O) groups excluding carboxylic acids is 1. The van der Waals surface area contributed by atoms with Crippen molar-refractivity contribution in [3.8, 4) is 0 Å². The molecule has 1 aliphatic rings. The van der Waals surface area contributed by atoms with E-state index in [-0.39, 0.29) is 16.6 Å². The van der Waals surface area contributed by atoms with Gasteiger partial charge in [-0.1, -0.05) is 43.0 Å². The van der Waals surface area contributed by atoms with Crippen LogP contribution in [0.15, 0.2) is 34.2 Å². The molecule has 0 fully saturated rings. The predicted molar refractivity (Wildman–Crippen MR) is 117 cm³/mol. The fraction of sp³-hybridized carbons (Fsp3) is 0.409. The second kappa shape index (κ2) is 7.84. The van der Waals surface area contributed by atoms with E-state index < -0.39 is 0 Å². The van der Waals surface area contributed by atoms with Gasteiger partial charge in [-0.3, -0.25) is 14.2 Å². The Morgan fingerprint density at radius 3 is 2.68 bits per heavy atom. The lowest BCUT2D eigenvalue weighted by Crippen LogP contribution is -2.22. The van der Waals surface area contributed by atoms with Gasteiger partial charge in [-0.25, -0.2) is 4.98 Å². The lowest BCUT2D eigenvalue weighted by Gasteiger charge is -2.13. The van der Waals surface area contributed by atoms with Gasteiger partial charge in [0.15, 0.2) is 10.9 Å². The maximum atomic E-state index is 13.0. The van der Waals surface area contributed by atoms with Crippen LogP contribution in [0.1, 0.15) is 53.1 Å². The topological polar surface area (TPSA) is 52.0 Å². The van der Waals surface area contributed by atoms with Gasteiger partial charge in [-0.05, 0) is 50.2 Å². The Hall–Kier alpha value is -1.92.